The fraction of sp³-hybridized carbons (Fsp3) is 0.929. The molecule has 176 valence electrons. The molecule has 4 rings (SSSR count). The highest BCUT2D eigenvalue weighted by molar-refractivity contribution is 5.73. The summed E-state index contributed by atoms with van der Waals surface area (Å²) in [5.74, 6) is 0.0731. The quantitative estimate of drug-likeness (QED) is 0.232. The molecule has 0 saturated heterocycles. The van der Waals surface area contributed by atoms with Crippen molar-refractivity contribution in [2.75, 3.05) is 0 Å². The van der Waals surface area contributed by atoms with Crippen molar-refractivity contribution in [3.8, 4) is 6.07 Å². The molecule has 0 unspecified atom stereocenters. The minimum atomic E-state index is -0.185. The summed E-state index contributed by atoms with van der Waals surface area (Å²) in [7, 11) is 0. The molecule has 0 aromatic carbocycles. The highest BCUT2D eigenvalue weighted by Gasteiger charge is 2.51. The van der Waals surface area contributed by atoms with Gasteiger partial charge in [-0.1, -0.05) is 65.2 Å². The highest BCUT2D eigenvalue weighted by atomic mass is 16.6. The van der Waals surface area contributed by atoms with Crippen molar-refractivity contribution in [3.05, 3.63) is 0 Å². The molecule has 0 amide bonds. The van der Waals surface area contributed by atoms with Gasteiger partial charge in [-0.25, -0.2) is 0 Å². The number of carbonyl (C=O) groups is 1. The molecule has 0 heterocycles. The van der Waals surface area contributed by atoms with Gasteiger partial charge < -0.3 is 4.74 Å². The first-order valence-electron chi connectivity index (χ1n) is 13.6. The molecule has 4 saturated carbocycles. The molecule has 2 bridgehead atoms. The fourth-order valence-electron chi connectivity index (χ4n) is 6.69. The second-order valence-electron chi connectivity index (χ2n) is 11.4. The third-order valence-electron chi connectivity index (χ3n) is 9.23. The van der Waals surface area contributed by atoms with Crippen molar-refractivity contribution in [1.29, 1.82) is 5.26 Å². The average molecular weight is 430 g/mol. The second kappa shape index (κ2) is 11.2. The van der Waals surface area contributed by atoms with Crippen molar-refractivity contribution in [2.45, 2.75) is 148 Å². The monoisotopic (exact) mass is 429 g/mol. The highest BCUT2D eigenvalue weighted by Crippen LogP contribution is 2.56. The summed E-state index contributed by atoms with van der Waals surface area (Å²) in [5, 5.41) is 9.85. The van der Waals surface area contributed by atoms with E-state index in [1.807, 2.05) is 0 Å². The van der Waals surface area contributed by atoms with Gasteiger partial charge in [0, 0.05) is 0 Å². The van der Waals surface area contributed by atoms with Crippen LogP contribution in [0.25, 0.3) is 0 Å². The van der Waals surface area contributed by atoms with Gasteiger partial charge in [0.05, 0.1) is 17.4 Å². The summed E-state index contributed by atoms with van der Waals surface area (Å²) in [4.78, 5) is 13.1. The molecule has 0 N–H and O–H groups in total. The van der Waals surface area contributed by atoms with Gasteiger partial charge in [0.15, 0.2) is 0 Å². The zero-order valence-electron chi connectivity index (χ0n) is 20.5. The Bertz CT molecular complexity index is 586. The van der Waals surface area contributed by atoms with Crippen LogP contribution in [0.4, 0.5) is 0 Å². The van der Waals surface area contributed by atoms with E-state index < -0.39 is 0 Å². The van der Waals surface area contributed by atoms with E-state index in [-0.39, 0.29) is 22.9 Å². The summed E-state index contributed by atoms with van der Waals surface area (Å²) >= 11 is 0. The molecular weight excluding hydrogens is 382 g/mol. The molecule has 31 heavy (non-hydrogen) atoms. The van der Waals surface area contributed by atoms with E-state index >= 15 is 0 Å². The van der Waals surface area contributed by atoms with Crippen LogP contribution in [0.2, 0.25) is 0 Å². The van der Waals surface area contributed by atoms with Gasteiger partial charge in [-0.2, -0.15) is 5.26 Å². The first-order valence-corrected chi connectivity index (χ1v) is 13.6. The number of ether oxygens (including phenoxy) is 1. The molecule has 4 aliphatic carbocycles. The van der Waals surface area contributed by atoms with E-state index in [4.69, 9.17) is 4.74 Å². The second-order valence-corrected chi connectivity index (χ2v) is 11.4. The smallest absolute Gasteiger partial charge is 0.309 e. The average Bonchev–Trinajstić information content (AvgIpc) is 2.81. The predicted octanol–water partition coefficient (Wildman–Crippen LogP) is 8.26. The maximum Gasteiger partial charge on any atom is 0.309 e. The SMILES string of the molecule is CCCCCCCC1(C#N)CCC(C(=O)OC23CCC(CCCCC)(CC2)CC3)CC1. The van der Waals surface area contributed by atoms with E-state index in [2.05, 4.69) is 19.9 Å². The van der Waals surface area contributed by atoms with Gasteiger partial charge in [0.2, 0.25) is 0 Å². The number of esters is 1. The van der Waals surface area contributed by atoms with Crippen LogP contribution in [0.1, 0.15) is 142 Å². The normalized spacial score (nSPS) is 34.9. The van der Waals surface area contributed by atoms with E-state index in [1.165, 1.54) is 70.6 Å². The number of rotatable bonds is 12. The van der Waals surface area contributed by atoms with Crippen LogP contribution in [-0.4, -0.2) is 11.6 Å². The number of nitriles is 1. The number of carbonyl (C=O) groups excluding carboxylic acids is 1. The molecule has 4 fully saturated rings. The summed E-state index contributed by atoms with van der Waals surface area (Å²) in [6, 6.07) is 2.65. The van der Waals surface area contributed by atoms with Crippen molar-refractivity contribution < 1.29 is 9.53 Å². The summed E-state index contributed by atoms with van der Waals surface area (Å²) in [6.45, 7) is 4.52. The lowest BCUT2D eigenvalue weighted by Crippen LogP contribution is -2.49. The van der Waals surface area contributed by atoms with Crippen LogP contribution in [0.5, 0.6) is 0 Å². The van der Waals surface area contributed by atoms with Crippen LogP contribution >= 0.6 is 0 Å². The Morgan fingerprint density at radius 1 is 0.806 bits per heavy atom. The van der Waals surface area contributed by atoms with Gasteiger partial charge in [-0.05, 0) is 82.5 Å². The third-order valence-corrected chi connectivity index (χ3v) is 9.23. The topological polar surface area (TPSA) is 50.1 Å². The fourth-order valence-corrected chi connectivity index (χ4v) is 6.69. The van der Waals surface area contributed by atoms with Crippen molar-refractivity contribution in [2.24, 2.45) is 16.7 Å². The maximum atomic E-state index is 13.1. The Hall–Kier alpha value is -1.04. The summed E-state index contributed by atoms with van der Waals surface area (Å²) in [5.41, 5.74) is 0.208. The van der Waals surface area contributed by atoms with E-state index in [0.717, 1.165) is 57.8 Å². The third kappa shape index (κ3) is 6.27. The van der Waals surface area contributed by atoms with Crippen LogP contribution in [0.15, 0.2) is 0 Å². The molecule has 4 aliphatic rings. The molecule has 0 atom stereocenters. The first kappa shape index (κ1) is 24.6. The summed E-state index contributed by atoms with van der Waals surface area (Å²) in [6.07, 6.45) is 23.1. The van der Waals surface area contributed by atoms with E-state index in [9.17, 15) is 10.1 Å². The Morgan fingerprint density at radius 2 is 1.35 bits per heavy atom. The Kier molecular flexibility index (Phi) is 8.89. The lowest BCUT2D eigenvalue weighted by molar-refractivity contribution is -0.184. The van der Waals surface area contributed by atoms with Gasteiger partial charge in [0.25, 0.3) is 0 Å². The van der Waals surface area contributed by atoms with Gasteiger partial charge in [-0.15, -0.1) is 0 Å². The van der Waals surface area contributed by atoms with E-state index in [1.54, 1.807) is 0 Å². The van der Waals surface area contributed by atoms with Crippen LogP contribution in [0.3, 0.4) is 0 Å². The predicted molar refractivity (Wildman–Crippen MR) is 126 cm³/mol. The minimum Gasteiger partial charge on any atom is -0.459 e. The summed E-state index contributed by atoms with van der Waals surface area (Å²) < 4.78 is 6.28. The molecule has 0 spiro atoms. The van der Waals surface area contributed by atoms with Crippen molar-refractivity contribution in [3.63, 3.8) is 0 Å². The van der Waals surface area contributed by atoms with Crippen LogP contribution in [0, 0.1) is 28.1 Å². The maximum absolute atomic E-state index is 13.1. The van der Waals surface area contributed by atoms with Gasteiger partial charge in [0.1, 0.15) is 5.60 Å². The number of fused-ring (bicyclic) bond motifs is 3. The Balaban J connectivity index is 1.43. The Morgan fingerprint density at radius 3 is 1.94 bits per heavy atom. The van der Waals surface area contributed by atoms with Gasteiger partial charge in [-0.3, -0.25) is 4.79 Å². The number of unbranched alkanes of at least 4 members (excludes halogenated alkanes) is 6. The standard InChI is InChI=1S/C28H47NO2/c1-3-5-7-8-10-14-27(23-29)15-11-24(12-16-27)25(30)31-28-20-17-26(18-21-28,19-22-28)13-9-6-4-2/h24H,3-22H2,1-2H3. The zero-order chi connectivity index (χ0) is 22.2. The first-order chi connectivity index (χ1) is 15.0. The minimum absolute atomic E-state index is 0.0223. The van der Waals surface area contributed by atoms with Crippen LogP contribution < -0.4 is 0 Å². The largest absolute Gasteiger partial charge is 0.459 e. The van der Waals surface area contributed by atoms with Crippen LogP contribution in [-0.2, 0) is 9.53 Å². The molecule has 0 radical (unpaired) electrons. The Labute approximate surface area is 191 Å². The number of hydrogen-bond acceptors (Lipinski definition) is 3. The van der Waals surface area contributed by atoms with Crippen molar-refractivity contribution >= 4 is 5.97 Å². The van der Waals surface area contributed by atoms with Crippen molar-refractivity contribution in [1.82, 2.24) is 0 Å². The molecule has 3 heteroatoms. The lowest BCUT2D eigenvalue weighted by Gasteiger charge is -2.53. The molecule has 0 aromatic rings. The van der Waals surface area contributed by atoms with E-state index in [0.29, 0.717) is 5.41 Å². The number of hydrogen-bond donors (Lipinski definition) is 0. The zero-order valence-corrected chi connectivity index (χ0v) is 20.5. The molecule has 0 aromatic heterocycles. The molecular formula is C28H47NO2. The molecule has 0 aliphatic heterocycles. The van der Waals surface area contributed by atoms with Gasteiger partial charge >= 0.3 is 5.97 Å². The molecule has 3 nitrogen and oxygen atoms in total. The lowest BCUT2D eigenvalue weighted by atomic mass is 9.57. The number of nitrogens with zero attached hydrogens (tertiary/aromatic N) is 1.